The summed E-state index contributed by atoms with van der Waals surface area (Å²) in [6.07, 6.45) is 3.19. The molecule has 0 saturated heterocycles. The SMILES string of the molecule is CCOc1cc(C2C3=C(CC(C)(C)CC3=O)N(CCc3ccccc3)C3=C2C(=O)CC(C)(C)C3)cc(I)c1OCc1cccc(F)c1. The van der Waals surface area contributed by atoms with Gasteiger partial charge in [-0.05, 0) is 101 Å². The summed E-state index contributed by atoms with van der Waals surface area (Å²) >= 11 is 2.25. The number of carbonyl (C=O) groups excluding carboxylic acids is 2. The zero-order valence-electron chi connectivity index (χ0n) is 27.9. The summed E-state index contributed by atoms with van der Waals surface area (Å²) in [6, 6.07) is 20.8. The fourth-order valence-electron chi connectivity index (χ4n) is 7.48. The molecule has 0 spiro atoms. The van der Waals surface area contributed by atoms with Crippen molar-refractivity contribution in [3.8, 4) is 11.5 Å². The number of hydrogen-bond donors (Lipinski definition) is 0. The van der Waals surface area contributed by atoms with Gasteiger partial charge in [-0.15, -0.1) is 0 Å². The summed E-state index contributed by atoms with van der Waals surface area (Å²) in [7, 11) is 0. The van der Waals surface area contributed by atoms with Crippen molar-refractivity contribution in [1.82, 2.24) is 4.90 Å². The summed E-state index contributed by atoms with van der Waals surface area (Å²) in [6.45, 7) is 11.9. The second-order valence-electron chi connectivity index (χ2n) is 14.6. The Balaban J connectivity index is 1.48. The van der Waals surface area contributed by atoms with Crippen LogP contribution in [0, 0.1) is 20.2 Å². The zero-order chi connectivity index (χ0) is 33.5. The average Bonchev–Trinajstić information content (AvgIpc) is 2.99. The molecule has 3 aromatic carbocycles. The maximum Gasteiger partial charge on any atom is 0.174 e. The molecule has 1 aliphatic heterocycles. The van der Waals surface area contributed by atoms with Gasteiger partial charge in [0.05, 0.1) is 10.2 Å². The number of ether oxygens (including phenoxy) is 2. The quantitative estimate of drug-likeness (QED) is 0.204. The standard InChI is InChI=1S/C40H43FINO4/c1-6-46-34-19-27(18-29(42)38(34)47-24-26-13-10-14-28(41)17-26)35-36-30(20-39(2,3)22-32(36)44)43(16-15-25-11-8-7-9-12-25)31-21-40(4,5)23-33(45)37(31)35/h7-14,17-19,35H,6,15-16,20-24H2,1-5H3. The summed E-state index contributed by atoms with van der Waals surface area (Å²) < 4.78 is 27.1. The van der Waals surface area contributed by atoms with Gasteiger partial charge in [-0.1, -0.05) is 70.2 Å². The predicted molar refractivity (Wildman–Crippen MR) is 191 cm³/mol. The summed E-state index contributed by atoms with van der Waals surface area (Å²) in [5.74, 6) is 0.532. The molecule has 0 amide bonds. The number of ketones is 2. The third-order valence-electron chi connectivity index (χ3n) is 9.43. The minimum absolute atomic E-state index is 0.106. The van der Waals surface area contributed by atoms with Crippen LogP contribution in [0.3, 0.4) is 0 Å². The minimum atomic E-state index is -0.481. The highest BCUT2D eigenvalue weighted by molar-refractivity contribution is 14.1. The normalized spacial score (nSPS) is 19.1. The molecular weight excluding hydrogens is 704 g/mol. The second kappa shape index (κ2) is 13.2. The number of allylic oxidation sites excluding steroid dienone is 4. The van der Waals surface area contributed by atoms with Crippen LogP contribution < -0.4 is 9.47 Å². The molecule has 0 saturated carbocycles. The molecule has 0 bridgehead atoms. The molecule has 0 radical (unpaired) electrons. The van der Waals surface area contributed by atoms with Crippen LogP contribution in [0.25, 0.3) is 0 Å². The highest BCUT2D eigenvalue weighted by Gasteiger charge is 2.49. The first-order valence-electron chi connectivity index (χ1n) is 16.5. The molecule has 0 N–H and O–H groups in total. The van der Waals surface area contributed by atoms with Crippen molar-refractivity contribution in [2.45, 2.75) is 79.2 Å². The Bertz CT molecular complexity index is 1720. The van der Waals surface area contributed by atoms with Crippen molar-refractivity contribution >= 4 is 34.2 Å². The Kier molecular flexibility index (Phi) is 9.40. The third-order valence-corrected chi connectivity index (χ3v) is 10.2. The molecule has 3 aromatic rings. The monoisotopic (exact) mass is 747 g/mol. The van der Waals surface area contributed by atoms with Crippen molar-refractivity contribution in [2.24, 2.45) is 10.8 Å². The van der Waals surface area contributed by atoms with Crippen molar-refractivity contribution in [2.75, 3.05) is 13.2 Å². The van der Waals surface area contributed by atoms with Crippen LogP contribution in [0.5, 0.6) is 11.5 Å². The van der Waals surface area contributed by atoms with E-state index in [0.29, 0.717) is 43.1 Å². The summed E-state index contributed by atoms with van der Waals surface area (Å²) in [5, 5.41) is 0. The zero-order valence-corrected chi connectivity index (χ0v) is 30.1. The average molecular weight is 748 g/mol. The van der Waals surface area contributed by atoms with Crippen LogP contribution in [0.4, 0.5) is 4.39 Å². The molecule has 2 aliphatic carbocycles. The predicted octanol–water partition coefficient (Wildman–Crippen LogP) is 9.34. The molecule has 5 nitrogen and oxygen atoms in total. The van der Waals surface area contributed by atoms with Gasteiger partial charge in [0.25, 0.3) is 0 Å². The molecule has 1 heterocycles. The van der Waals surface area contributed by atoms with E-state index in [1.54, 1.807) is 6.07 Å². The van der Waals surface area contributed by atoms with E-state index in [2.05, 4.69) is 79.5 Å². The first-order chi connectivity index (χ1) is 22.4. The minimum Gasteiger partial charge on any atom is -0.490 e. The van der Waals surface area contributed by atoms with Gasteiger partial charge in [0.1, 0.15) is 12.4 Å². The number of carbonyl (C=O) groups is 2. The Morgan fingerprint density at radius 1 is 0.809 bits per heavy atom. The van der Waals surface area contributed by atoms with Gasteiger partial charge >= 0.3 is 0 Å². The fourth-order valence-corrected chi connectivity index (χ4v) is 8.26. The van der Waals surface area contributed by atoms with E-state index in [4.69, 9.17) is 9.47 Å². The van der Waals surface area contributed by atoms with Crippen molar-refractivity contribution in [1.29, 1.82) is 0 Å². The number of nitrogens with zero attached hydrogens (tertiary/aromatic N) is 1. The third kappa shape index (κ3) is 7.06. The Morgan fingerprint density at radius 3 is 2.02 bits per heavy atom. The molecule has 0 fully saturated rings. The van der Waals surface area contributed by atoms with E-state index < -0.39 is 5.92 Å². The molecule has 6 rings (SSSR count). The van der Waals surface area contributed by atoms with Crippen molar-refractivity contribution in [3.63, 3.8) is 0 Å². The molecular formula is C40H43FINO4. The Labute approximate surface area is 291 Å². The largest absolute Gasteiger partial charge is 0.490 e. The topological polar surface area (TPSA) is 55.8 Å². The molecule has 7 heteroatoms. The van der Waals surface area contributed by atoms with Crippen LogP contribution in [0.15, 0.2) is 89.3 Å². The number of Topliss-reactive ketones (excluding diaryl/α,β-unsaturated/α-hetero) is 2. The van der Waals surface area contributed by atoms with Gasteiger partial charge in [0.15, 0.2) is 23.1 Å². The summed E-state index contributed by atoms with van der Waals surface area (Å²) in [4.78, 5) is 30.9. The van der Waals surface area contributed by atoms with E-state index in [9.17, 15) is 14.0 Å². The van der Waals surface area contributed by atoms with Gasteiger partial charge < -0.3 is 14.4 Å². The van der Waals surface area contributed by atoms with E-state index in [0.717, 1.165) is 50.9 Å². The Hall–Kier alpha value is -3.46. The lowest BCUT2D eigenvalue weighted by Crippen LogP contribution is -2.45. The summed E-state index contributed by atoms with van der Waals surface area (Å²) in [5.41, 5.74) is 6.00. The molecule has 246 valence electrons. The Morgan fingerprint density at radius 2 is 1.43 bits per heavy atom. The number of halogens is 2. The highest BCUT2D eigenvalue weighted by atomic mass is 127. The number of benzene rings is 3. The molecule has 0 aromatic heterocycles. The molecule has 0 unspecified atom stereocenters. The molecule has 3 aliphatic rings. The van der Waals surface area contributed by atoms with E-state index in [-0.39, 0.29) is 34.8 Å². The fraction of sp³-hybridized carbons (Fsp3) is 0.400. The van der Waals surface area contributed by atoms with Gasteiger partial charge in [-0.3, -0.25) is 9.59 Å². The smallest absolute Gasteiger partial charge is 0.174 e. The maximum absolute atomic E-state index is 14.3. The molecule has 0 atom stereocenters. The van der Waals surface area contributed by atoms with Gasteiger partial charge in [-0.2, -0.15) is 0 Å². The first-order valence-corrected chi connectivity index (χ1v) is 17.6. The lowest BCUT2D eigenvalue weighted by atomic mass is 9.63. The van der Waals surface area contributed by atoms with Gasteiger partial charge in [0.2, 0.25) is 0 Å². The lowest BCUT2D eigenvalue weighted by molar-refractivity contribution is -0.119. The van der Waals surface area contributed by atoms with Crippen LogP contribution in [-0.2, 0) is 22.6 Å². The van der Waals surface area contributed by atoms with Crippen LogP contribution in [0.1, 0.15) is 82.9 Å². The highest BCUT2D eigenvalue weighted by Crippen LogP contribution is 2.55. The van der Waals surface area contributed by atoms with Crippen molar-refractivity contribution < 1.29 is 23.5 Å². The lowest BCUT2D eigenvalue weighted by Gasteiger charge is -2.49. The van der Waals surface area contributed by atoms with Crippen molar-refractivity contribution in [3.05, 3.63) is 115 Å². The number of rotatable bonds is 9. The van der Waals surface area contributed by atoms with E-state index in [1.807, 2.05) is 31.2 Å². The van der Waals surface area contributed by atoms with E-state index >= 15 is 0 Å². The second-order valence-corrected chi connectivity index (χ2v) is 15.8. The number of hydrogen-bond acceptors (Lipinski definition) is 5. The molecule has 47 heavy (non-hydrogen) atoms. The maximum atomic E-state index is 14.3. The van der Waals surface area contributed by atoms with E-state index in [1.165, 1.54) is 17.7 Å². The van der Waals surface area contributed by atoms with Gasteiger partial charge in [0, 0.05) is 47.8 Å². The van der Waals surface area contributed by atoms with Gasteiger partial charge in [-0.25, -0.2) is 4.39 Å². The first kappa shape index (κ1) is 33.4. The van der Waals surface area contributed by atoms with Crippen LogP contribution >= 0.6 is 22.6 Å². The van der Waals surface area contributed by atoms with Crippen LogP contribution in [-0.4, -0.2) is 29.6 Å². The van der Waals surface area contributed by atoms with Crippen LogP contribution in [0.2, 0.25) is 0 Å².